The van der Waals surface area contributed by atoms with Crippen LogP contribution in [0.3, 0.4) is 0 Å². The topological polar surface area (TPSA) is 86.8 Å². The van der Waals surface area contributed by atoms with Gasteiger partial charge in [0.05, 0.1) is 26.5 Å². The monoisotopic (exact) mass is 354 g/mol. The van der Waals surface area contributed by atoms with Gasteiger partial charge in [0, 0.05) is 12.3 Å². The van der Waals surface area contributed by atoms with Crippen molar-refractivity contribution < 1.29 is 19.0 Å². The molecule has 2 aromatic heterocycles. The molecular formula is C18H18N4O4. The highest BCUT2D eigenvalue weighted by atomic mass is 16.5. The Kier molecular flexibility index (Phi) is 5.12. The first kappa shape index (κ1) is 17.4. The lowest BCUT2D eigenvalue weighted by atomic mass is 10.3. The molecule has 8 heteroatoms. The van der Waals surface area contributed by atoms with Crippen molar-refractivity contribution in [3.63, 3.8) is 0 Å². The molecule has 2 heterocycles. The number of aromatic nitrogens is 2. The van der Waals surface area contributed by atoms with E-state index in [2.05, 4.69) is 15.2 Å². The Hall–Kier alpha value is -3.42. The van der Waals surface area contributed by atoms with Gasteiger partial charge >= 0.3 is 5.97 Å². The summed E-state index contributed by atoms with van der Waals surface area (Å²) in [4.78, 5) is 16.5. The third kappa shape index (κ3) is 3.34. The smallest absolute Gasteiger partial charge is 0.360 e. The molecule has 3 aromatic rings. The lowest BCUT2D eigenvalue weighted by molar-refractivity contribution is 0.0521. The van der Waals surface area contributed by atoms with Crippen molar-refractivity contribution in [1.29, 1.82) is 0 Å². The van der Waals surface area contributed by atoms with Crippen LogP contribution in [0.4, 0.5) is 11.5 Å². The number of imidazole rings is 1. The fourth-order valence-electron chi connectivity index (χ4n) is 2.41. The van der Waals surface area contributed by atoms with Gasteiger partial charge in [-0.15, -0.1) is 10.2 Å². The van der Waals surface area contributed by atoms with Crippen LogP contribution in [0.15, 0.2) is 52.8 Å². The average Bonchev–Trinajstić information content (AvgIpc) is 3.05. The first-order valence-electron chi connectivity index (χ1n) is 7.96. The molecular weight excluding hydrogens is 336 g/mol. The van der Waals surface area contributed by atoms with Crippen molar-refractivity contribution in [2.45, 2.75) is 6.92 Å². The number of nitrogens with zero attached hydrogens (tertiary/aromatic N) is 4. The SMILES string of the molecule is CCOC(=O)c1nc2ccccn2c1N=Nc1ccc(OC)c(OC)c1. The van der Waals surface area contributed by atoms with E-state index in [-0.39, 0.29) is 12.3 Å². The first-order valence-corrected chi connectivity index (χ1v) is 7.96. The third-order valence-corrected chi connectivity index (χ3v) is 3.60. The number of carbonyl (C=O) groups excluding carboxylic acids is 1. The molecule has 0 saturated carbocycles. The second-order valence-corrected chi connectivity index (χ2v) is 5.17. The minimum absolute atomic E-state index is 0.113. The van der Waals surface area contributed by atoms with Crippen LogP contribution >= 0.6 is 0 Å². The van der Waals surface area contributed by atoms with E-state index in [1.807, 2.05) is 12.1 Å². The van der Waals surface area contributed by atoms with Gasteiger partial charge in [-0.25, -0.2) is 9.78 Å². The molecule has 3 rings (SSSR count). The molecule has 0 N–H and O–H groups in total. The molecule has 0 spiro atoms. The second kappa shape index (κ2) is 7.64. The third-order valence-electron chi connectivity index (χ3n) is 3.60. The number of hydrogen-bond donors (Lipinski definition) is 0. The Morgan fingerprint density at radius 2 is 1.92 bits per heavy atom. The van der Waals surface area contributed by atoms with Crippen molar-refractivity contribution in [2.75, 3.05) is 20.8 Å². The summed E-state index contributed by atoms with van der Waals surface area (Å²) in [7, 11) is 3.10. The quantitative estimate of drug-likeness (QED) is 0.494. The Labute approximate surface area is 150 Å². The molecule has 1 aromatic carbocycles. The Balaban J connectivity index is 2.03. The Morgan fingerprint density at radius 3 is 2.65 bits per heavy atom. The van der Waals surface area contributed by atoms with Crippen LogP contribution in [-0.4, -0.2) is 36.2 Å². The molecule has 0 bridgehead atoms. The fourth-order valence-corrected chi connectivity index (χ4v) is 2.41. The van der Waals surface area contributed by atoms with Gasteiger partial charge in [-0.2, -0.15) is 0 Å². The van der Waals surface area contributed by atoms with Crippen LogP contribution in [0.5, 0.6) is 11.5 Å². The highest BCUT2D eigenvalue weighted by molar-refractivity contribution is 5.93. The summed E-state index contributed by atoms with van der Waals surface area (Å²) in [5.41, 5.74) is 1.24. The summed E-state index contributed by atoms with van der Waals surface area (Å²) in [6, 6.07) is 10.6. The first-order chi connectivity index (χ1) is 12.7. The summed E-state index contributed by atoms with van der Waals surface area (Å²) >= 11 is 0. The van der Waals surface area contributed by atoms with Gasteiger partial charge in [0.15, 0.2) is 23.0 Å². The number of pyridine rings is 1. The number of benzene rings is 1. The van der Waals surface area contributed by atoms with Crippen molar-refractivity contribution in [3.8, 4) is 11.5 Å². The number of methoxy groups -OCH3 is 2. The normalized spacial score (nSPS) is 11.0. The highest BCUT2D eigenvalue weighted by Crippen LogP contribution is 2.32. The maximum Gasteiger partial charge on any atom is 0.360 e. The molecule has 0 unspecified atom stereocenters. The standard InChI is InChI=1S/C18H18N4O4/c1-4-26-18(23)16-17(22-10-6-5-7-15(22)19-16)21-20-12-8-9-13(24-2)14(11-12)25-3/h5-11H,4H2,1-3H3. The van der Waals surface area contributed by atoms with Gasteiger partial charge in [0.2, 0.25) is 0 Å². The zero-order valence-corrected chi connectivity index (χ0v) is 14.7. The van der Waals surface area contributed by atoms with Crippen LogP contribution in [0.25, 0.3) is 5.65 Å². The van der Waals surface area contributed by atoms with E-state index in [1.165, 1.54) is 0 Å². The molecule has 0 aliphatic rings. The number of esters is 1. The van der Waals surface area contributed by atoms with E-state index in [9.17, 15) is 4.79 Å². The minimum atomic E-state index is -0.544. The lowest BCUT2D eigenvalue weighted by Crippen LogP contribution is -2.05. The zero-order valence-electron chi connectivity index (χ0n) is 14.7. The predicted octanol–water partition coefficient (Wildman–Crippen LogP) is 3.94. The van der Waals surface area contributed by atoms with E-state index < -0.39 is 5.97 Å². The largest absolute Gasteiger partial charge is 0.493 e. The summed E-state index contributed by atoms with van der Waals surface area (Å²) in [6.07, 6.45) is 1.76. The maximum atomic E-state index is 12.2. The van der Waals surface area contributed by atoms with Crippen molar-refractivity contribution >= 4 is 23.1 Å². The Bertz CT molecular complexity index is 965. The van der Waals surface area contributed by atoms with Crippen LogP contribution in [0, 0.1) is 0 Å². The Morgan fingerprint density at radius 1 is 1.12 bits per heavy atom. The second-order valence-electron chi connectivity index (χ2n) is 5.17. The zero-order chi connectivity index (χ0) is 18.5. The predicted molar refractivity (Wildman–Crippen MR) is 94.9 cm³/mol. The molecule has 26 heavy (non-hydrogen) atoms. The molecule has 0 saturated heterocycles. The number of rotatable bonds is 6. The number of azo groups is 1. The molecule has 0 atom stereocenters. The van der Waals surface area contributed by atoms with Crippen molar-refractivity contribution in [1.82, 2.24) is 9.38 Å². The van der Waals surface area contributed by atoms with Crippen LogP contribution < -0.4 is 9.47 Å². The van der Waals surface area contributed by atoms with Crippen LogP contribution in [0.1, 0.15) is 17.4 Å². The molecule has 0 aliphatic carbocycles. The van der Waals surface area contributed by atoms with Crippen LogP contribution in [-0.2, 0) is 4.74 Å². The van der Waals surface area contributed by atoms with Gasteiger partial charge in [-0.3, -0.25) is 4.40 Å². The molecule has 0 aliphatic heterocycles. The van der Waals surface area contributed by atoms with E-state index in [4.69, 9.17) is 14.2 Å². The summed E-state index contributed by atoms with van der Waals surface area (Å²) < 4.78 is 17.2. The summed E-state index contributed by atoms with van der Waals surface area (Å²) in [6.45, 7) is 1.98. The molecule has 0 fully saturated rings. The number of ether oxygens (including phenoxy) is 3. The molecule has 8 nitrogen and oxygen atoms in total. The van der Waals surface area contributed by atoms with E-state index in [1.54, 1.807) is 56.0 Å². The van der Waals surface area contributed by atoms with E-state index >= 15 is 0 Å². The maximum absolute atomic E-state index is 12.2. The molecule has 0 amide bonds. The van der Waals surface area contributed by atoms with Gasteiger partial charge in [-0.1, -0.05) is 6.07 Å². The molecule has 134 valence electrons. The number of fused-ring (bicyclic) bond motifs is 1. The van der Waals surface area contributed by atoms with Gasteiger partial charge in [0.1, 0.15) is 5.65 Å². The highest BCUT2D eigenvalue weighted by Gasteiger charge is 2.20. The molecule has 0 radical (unpaired) electrons. The van der Waals surface area contributed by atoms with E-state index in [0.29, 0.717) is 28.7 Å². The summed E-state index contributed by atoms with van der Waals surface area (Å²) in [5, 5.41) is 8.43. The van der Waals surface area contributed by atoms with Gasteiger partial charge in [-0.05, 0) is 31.2 Å². The number of hydrogen-bond acceptors (Lipinski definition) is 7. The van der Waals surface area contributed by atoms with Gasteiger partial charge in [0.25, 0.3) is 0 Å². The minimum Gasteiger partial charge on any atom is -0.493 e. The van der Waals surface area contributed by atoms with Gasteiger partial charge < -0.3 is 14.2 Å². The van der Waals surface area contributed by atoms with E-state index in [0.717, 1.165) is 0 Å². The lowest BCUT2D eigenvalue weighted by Gasteiger charge is -2.06. The van der Waals surface area contributed by atoms with Crippen LogP contribution in [0.2, 0.25) is 0 Å². The number of carbonyl (C=O) groups is 1. The fraction of sp³-hybridized carbons (Fsp3) is 0.222. The van der Waals surface area contributed by atoms with Crippen molar-refractivity contribution in [2.24, 2.45) is 10.2 Å². The summed E-state index contributed by atoms with van der Waals surface area (Å²) in [5.74, 6) is 0.882. The average molecular weight is 354 g/mol. The van der Waals surface area contributed by atoms with Crippen molar-refractivity contribution in [3.05, 3.63) is 48.3 Å².